The number of halogens is 3. The van der Waals surface area contributed by atoms with Gasteiger partial charge in [0.05, 0.1) is 11.9 Å². The van der Waals surface area contributed by atoms with Crippen molar-refractivity contribution >= 4 is 28.6 Å². The fourth-order valence-electron chi connectivity index (χ4n) is 4.38. The van der Waals surface area contributed by atoms with Crippen LogP contribution in [0.25, 0.3) is 11.2 Å². The topological polar surface area (TPSA) is 67.7 Å². The fourth-order valence-corrected chi connectivity index (χ4v) is 4.38. The van der Waals surface area contributed by atoms with Crippen LogP contribution in [-0.4, -0.2) is 19.5 Å². The van der Waals surface area contributed by atoms with Gasteiger partial charge in [0.25, 0.3) is 0 Å². The summed E-state index contributed by atoms with van der Waals surface area (Å²) in [7, 11) is 0. The van der Waals surface area contributed by atoms with E-state index in [2.05, 4.69) is 25.2 Å². The normalized spacial score (nSPS) is 14.9. The fraction of sp³-hybridized carbons (Fsp3) is 0.320. The van der Waals surface area contributed by atoms with E-state index in [0.29, 0.717) is 41.2 Å². The van der Waals surface area contributed by atoms with Gasteiger partial charge in [-0.3, -0.25) is 0 Å². The average molecular weight is 467 g/mol. The van der Waals surface area contributed by atoms with Gasteiger partial charge in [-0.15, -0.1) is 0 Å². The maximum atomic E-state index is 12.9. The summed E-state index contributed by atoms with van der Waals surface area (Å²) in [4.78, 5) is 13.9. The molecule has 0 aliphatic heterocycles. The lowest BCUT2D eigenvalue weighted by molar-refractivity contribution is -0.137. The van der Waals surface area contributed by atoms with E-state index in [1.54, 1.807) is 0 Å². The number of hydrogen-bond donors (Lipinski definition) is 2. The largest absolute Gasteiger partial charge is 0.416 e. The molecule has 34 heavy (non-hydrogen) atoms. The quantitative estimate of drug-likeness (QED) is 0.331. The van der Waals surface area contributed by atoms with Crippen molar-refractivity contribution in [2.45, 2.75) is 50.9 Å². The predicted molar refractivity (Wildman–Crippen MR) is 126 cm³/mol. The number of imidazole rings is 1. The monoisotopic (exact) mass is 466 g/mol. The van der Waals surface area contributed by atoms with E-state index in [1.165, 1.54) is 31.4 Å². The minimum atomic E-state index is -4.38. The predicted octanol–water partition coefficient (Wildman–Crippen LogP) is 6.71. The number of fused-ring (bicyclic) bond motifs is 1. The van der Waals surface area contributed by atoms with Crippen LogP contribution in [0.3, 0.4) is 0 Å². The molecular weight excluding hydrogens is 441 g/mol. The van der Waals surface area contributed by atoms with Gasteiger partial charge in [-0.25, -0.2) is 4.98 Å². The molecule has 2 aromatic heterocycles. The molecular formula is C25H25F3N6. The first-order chi connectivity index (χ1) is 16.5. The molecule has 1 fully saturated rings. The molecule has 2 heterocycles. The van der Waals surface area contributed by atoms with Gasteiger partial charge >= 0.3 is 6.18 Å². The molecule has 0 atom stereocenters. The third-order valence-electron chi connectivity index (χ3n) is 6.16. The van der Waals surface area contributed by atoms with Crippen molar-refractivity contribution < 1.29 is 13.2 Å². The summed E-state index contributed by atoms with van der Waals surface area (Å²) in [5.41, 5.74) is 2.27. The van der Waals surface area contributed by atoms with E-state index in [0.717, 1.165) is 30.5 Å². The zero-order valence-electron chi connectivity index (χ0n) is 18.5. The lowest BCUT2D eigenvalue weighted by Gasteiger charge is -2.23. The second-order valence-corrected chi connectivity index (χ2v) is 8.55. The molecule has 0 saturated heterocycles. The Hall–Kier alpha value is -3.62. The minimum absolute atomic E-state index is 0.306. The highest BCUT2D eigenvalue weighted by Gasteiger charge is 2.30. The van der Waals surface area contributed by atoms with Crippen LogP contribution in [0, 0.1) is 0 Å². The molecule has 176 valence electrons. The second-order valence-electron chi connectivity index (χ2n) is 8.55. The first-order valence-corrected chi connectivity index (χ1v) is 11.4. The summed E-state index contributed by atoms with van der Waals surface area (Å²) >= 11 is 0. The van der Waals surface area contributed by atoms with E-state index in [-0.39, 0.29) is 0 Å². The van der Waals surface area contributed by atoms with Crippen molar-refractivity contribution in [3.63, 3.8) is 0 Å². The van der Waals surface area contributed by atoms with Gasteiger partial charge in [0.15, 0.2) is 17.0 Å². The highest BCUT2D eigenvalue weighted by molar-refractivity contribution is 5.84. The summed E-state index contributed by atoms with van der Waals surface area (Å²) in [6, 6.07) is 15.1. The van der Waals surface area contributed by atoms with Crippen LogP contribution in [0.5, 0.6) is 0 Å². The van der Waals surface area contributed by atoms with Crippen molar-refractivity contribution in [1.82, 2.24) is 19.5 Å². The number of benzene rings is 2. The number of hydrogen-bond acceptors (Lipinski definition) is 5. The standard InChI is InChI=1S/C25H25F3N6/c26-25(27,28)18-11-13-19(14-12-18)31-24-32-22(29-15-17-7-3-1-4-8-17)21-23(33-24)34(16-30-21)20-9-5-2-6-10-20/h1,3-4,7-8,11-14,16,20H,2,5-6,9-10,15H2,(H2,29,31,32,33). The van der Waals surface area contributed by atoms with E-state index in [1.807, 2.05) is 36.7 Å². The summed E-state index contributed by atoms with van der Waals surface area (Å²) in [6.07, 6.45) is 3.17. The van der Waals surface area contributed by atoms with Crippen molar-refractivity contribution in [3.8, 4) is 0 Å². The lowest BCUT2D eigenvalue weighted by Crippen LogP contribution is -2.13. The molecule has 0 bridgehead atoms. The van der Waals surface area contributed by atoms with Crippen molar-refractivity contribution in [2.75, 3.05) is 10.6 Å². The van der Waals surface area contributed by atoms with Crippen LogP contribution in [0.15, 0.2) is 60.9 Å². The molecule has 0 amide bonds. The minimum Gasteiger partial charge on any atom is -0.364 e. The number of rotatable bonds is 6. The number of anilines is 3. The van der Waals surface area contributed by atoms with Gasteiger partial charge < -0.3 is 15.2 Å². The van der Waals surface area contributed by atoms with Gasteiger partial charge in [0.2, 0.25) is 5.95 Å². The van der Waals surface area contributed by atoms with E-state index < -0.39 is 11.7 Å². The molecule has 0 radical (unpaired) electrons. The van der Waals surface area contributed by atoms with E-state index >= 15 is 0 Å². The zero-order valence-corrected chi connectivity index (χ0v) is 18.5. The summed E-state index contributed by atoms with van der Waals surface area (Å²) in [5, 5.41) is 6.42. The first kappa shape index (κ1) is 22.2. The first-order valence-electron chi connectivity index (χ1n) is 11.4. The number of alkyl halides is 3. The maximum Gasteiger partial charge on any atom is 0.416 e. The Morgan fingerprint density at radius 2 is 1.65 bits per heavy atom. The van der Waals surface area contributed by atoms with E-state index in [4.69, 9.17) is 4.98 Å². The molecule has 4 aromatic rings. The van der Waals surface area contributed by atoms with Crippen LogP contribution in [0.1, 0.15) is 49.3 Å². The van der Waals surface area contributed by atoms with Crippen molar-refractivity contribution in [2.24, 2.45) is 0 Å². The Morgan fingerprint density at radius 3 is 2.35 bits per heavy atom. The Balaban J connectivity index is 1.48. The van der Waals surface area contributed by atoms with Crippen LogP contribution < -0.4 is 10.6 Å². The Bertz CT molecular complexity index is 1250. The molecule has 5 rings (SSSR count). The van der Waals surface area contributed by atoms with Gasteiger partial charge in [-0.2, -0.15) is 23.1 Å². The lowest BCUT2D eigenvalue weighted by atomic mass is 9.95. The number of nitrogens with one attached hydrogen (secondary N) is 2. The van der Waals surface area contributed by atoms with Crippen molar-refractivity contribution in [3.05, 3.63) is 72.1 Å². The number of nitrogens with zero attached hydrogens (tertiary/aromatic N) is 4. The molecule has 1 aliphatic rings. The highest BCUT2D eigenvalue weighted by atomic mass is 19.4. The SMILES string of the molecule is FC(F)(F)c1ccc(Nc2nc(NCc3ccccc3)c3ncn(C4CCCCC4)c3n2)cc1. The molecule has 0 spiro atoms. The van der Waals surface area contributed by atoms with Gasteiger partial charge in [0, 0.05) is 18.3 Å². The summed E-state index contributed by atoms with van der Waals surface area (Å²) in [6.45, 7) is 0.558. The van der Waals surface area contributed by atoms with Gasteiger partial charge in [-0.05, 0) is 42.7 Å². The van der Waals surface area contributed by atoms with Crippen LogP contribution in [0.2, 0.25) is 0 Å². The second kappa shape index (κ2) is 9.32. The Labute approximate surface area is 195 Å². The smallest absolute Gasteiger partial charge is 0.364 e. The molecule has 2 N–H and O–H groups in total. The molecule has 1 aliphatic carbocycles. The summed E-state index contributed by atoms with van der Waals surface area (Å²) in [5.74, 6) is 0.887. The van der Waals surface area contributed by atoms with Crippen molar-refractivity contribution in [1.29, 1.82) is 0 Å². The van der Waals surface area contributed by atoms with E-state index in [9.17, 15) is 13.2 Å². The van der Waals surface area contributed by atoms with Crippen LogP contribution in [-0.2, 0) is 12.7 Å². The molecule has 9 heteroatoms. The summed E-state index contributed by atoms with van der Waals surface area (Å²) < 4.78 is 40.9. The van der Waals surface area contributed by atoms with Gasteiger partial charge in [-0.1, -0.05) is 49.6 Å². The van der Waals surface area contributed by atoms with Crippen LogP contribution >= 0.6 is 0 Å². The number of aromatic nitrogens is 4. The molecule has 1 saturated carbocycles. The average Bonchev–Trinajstić information content (AvgIpc) is 3.28. The molecule has 0 unspecified atom stereocenters. The third kappa shape index (κ3) is 4.83. The zero-order chi connectivity index (χ0) is 23.5. The van der Waals surface area contributed by atoms with Gasteiger partial charge in [0.1, 0.15) is 0 Å². The molecule has 2 aromatic carbocycles. The highest BCUT2D eigenvalue weighted by Crippen LogP contribution is 2.33. The third-order valence-corrected chi connectivity index (χ3v) is 6.16. The Kier molecular flexibility index (Phi) is 6.08. The Morgan fingerprint density at radius 1 is 0.912 bits per heavy atom. The van der Waals surface area contributed by atoms with Crippen LogP contribution in [0.4, 0.5) is 30.6 Å². The maximum absolute atomic E-state index is 12.9. The molecule has 6 nitrogen and oxygen atoms in total.